The summed E-state index contributed by atoms with van der Waals surface area (Å²) in [6.07, 6.45) is 0. The number of amides is 1. The van der Waals surface area contributed by atoms with Gasteiger partial charge in [-0.1, -0.05) is 43.3 Å². The normalized spacial score (nSPS) is 11.8. The fraction of sp³-hybridized carbons (Fsp3) is 0.154. The highest BCUT2D eigenvalue weighted by Crippen LogP contribution is 2.30. The van der Waals surface area contributed by atoms with Crippen LogP contribution in [0.1, 0.15) is 32.3 Å². The van der Waals surface area contributed by atoms with Crippen LogP contribution in [0.2, 0.25) is 0 Å². The maximum atomic E-state index is 13.5. The fourth-order valence-corrected chi connectivity index (χ4v) is 5.17. The highest BCUT2D eigenvalue weighted by molar-refractivity contribution is 7.91. The lowest BCUT2D eigenvalue weighted by Gasteiger charge is -2.11. The zero-order valence-electron chi connectivity index (χ0n) is 19.9. The van der Waals surface area contributed by atoms with E-state index in [9.17, 15) is 13.2 Å². The molecular formula is C26H24N6O3S. The summed E-state index contributed by atoms with van der Waals surface area (Å²) >= 11 is 0. The van der Waals surface area contributed by atoms with Gasteiger partial charge in [0.25, 0.3) is 0 Å². The van der Waals surface area contributed by atoms with E-state index in [1.165, 1.54) is 11.4 Å². The Balaban J connectivity index is 1.61. The molecule has 0 aliphatic heterocycles. The molecule has 2 heterocycles. The molecule has 0 aliphatic rings. The highest BCUT2D eigenvalue weighted by atomic mass is 32.2. The second-order valence-electron chi connectivity index (χ2n) is 8.72. The molecule has 182 valence electrons. The summed E-state index contributed by atoms with van der Waals surface area (Å²) in [5.41, 5.74) is 3.20. The first kappa shape index (κ1) is 23.4. The zero-order valence-corrected chi connectivity index (χ0v) is 20.7. The Bertz CT molecular complexity index is 1690. The van der Waals surface area contributed by atoms with Crippen LogP contribution in [-0.4, -0.2) is 34.1 Å². The van der Waals surface area contributed by atoms with Gasteiger partial charge in [0.2, 0.25) is 20.8 Å². The number of para-hydroxylation sites is 1. The Labute approximate surface area is 208 Å². The minimum absolute atomic E-state index is 0.124. The highest BCUT2D eigenvalue weighted by Gasteiger charge is 2.27. The average Bonchev–Trinajstić information content (AvgIpc) is 3.30. The molecule has 0 spiro atoms. The summed E-state index contributed by atoms with van der Waals surface area (Å²) in [5.74, 6) is 0.583. The number of nitrogens with one attached hydrogen (secondary N) is 2. The molecule has 0 unspecified atom stereocenters. The Hall–Kier alpha value is -4.31. The topological polar surface area (TPSA) is 118 Å². The smallest absolute Gasteiger partial charge is 0.229 e. The van der Waals surface area contributed by atoms with Crippen LogP contribution >= 0.6 is 0 Å². The number of nitrogens with zero attached hydrogens (tertiary/aromatic N) is 4. The van der Waals surface area contributed by atoms with Crippen molar-refractivity contribution < 1.29 is 13.2 Å². The van der Waals surface area contributed by atoms with Crippen molar-refractivity contribution in [2.45, 2.75) is 36.6 Å². The fourth-order valence-electron chi connectivity index (χ4n) is 3.93. The van der Waals surface area contributed by atoms with Gasteiger partial charge in [0.1, 0.15) is 5.82 Å². The first-order valence-electron chi connectivity index (χ1n) is 11.4. The molecule has 0 radical (unpaired) electrons. The molecule has 1 amide bonds. The van der Waals surface area contributed by atoms with Crippen LogP contribution in [-0.2, 0) is 14.6 Å². The SMILES string of the molecule is CC(=O)Nc1ccc(Nc2nc3c(S(=O)(=O)c4ccc(C(C)C)cc4)nnn3c3ccccc23)cc1. The summed E-state index contributed by atoms with van der Waals surface area (Å²) in [7, 11) is -3.97. The predicted octanol–water partition coefficient (Wildman–Crippen LogP) is 4.94. The van der Waals surface area contributed by atoms with E-state index in [2.05, 4.69) is 25.9 Å². The summed E-state index contributed by atoms with van der Waals surface area (Å²) in [5, 5.41) is 14.7. The van der Waals surface area contributed by atoms with Crippen LogP contribution in [0.25, 0.3) is 16.6 Å². The Morgan fingerprint density at radius 2 is 1.58 bits per heavy atom. The van der Waals surface area contributed by atoms with E-state index in [4.69, 9.17) is 0 Å². The molecule has 10 heteroatoms. The summed E-state index contributed by atoms with van der Waals surface area (Å²) in [4.78, 5) is 16.1. The van der Waals surface area contributed by atoms with Gasteiger partial charge in [0, 0.05) is 23.7 Å². The second-order valence-corrected chi connectivity index (χ2v) is 10.6. The van der Waals surface area contributed by atoms with Gasteiger partial charge >= 0.3 is 0 Å². The lowest BCUT2D eigenvalue weighted by Crippen LogP contribution is -2.06. The average molecular weight is 501 g/mol. The van der Waals surface area contributed by atoms with E-state index < -0.39 is 9.84 Å². The van der Waals surface area contributed by atoms with Gasteiger partial charge < -0.3 is 10.6 Å². The van der Waals surface area contributed by atoms with Crippen molar-refractivity contribution in [2.24, 2.45) is 0 Å². The zero-order chi connectivity index (χ0) is 25.4. The Kier molecular flexibility index (Phi) is 5.89. The van der Waals surface area contributed by atoms with Gasteiger partial charge in [0.05, 0.1) is 10.4 Å². The van der Waals surface area contributed by atoms with Crippen molar-refractivity contribution in [3.8, 4) is 0 Å². The maximum Gasteiger partial charge on any atom is 0.229 e. The van der Waals surface area contributed by atoms with Gasteiger partial charge in [-0.2, -0.15) is 4.52 Å². The van der Waals surface area contributed by atoms with Crippen molar-refractivity contribution >= 4 is 49.5 Å². The quantitative estimate of drug-likeness (QED) is 0.339. The number of benzene rings is 3. The van der Waals surface area contributed by atoms with Crippen molar-refractivity contribution in [1.82, 2.24) is 19.8 Å². The van der Waals surface area contributed by atoms with E-state index in [1.807, 2.05) is 50.2 Å². The summed E-state index contributed by atoms with van der Waals surface area (Å²) in [6.45, 7) is 5.54. The van der Waals surface area contributed by atoms with Crippen LogP contribution in [0.3, 0.4) is 0 Å². The lowest BCUT2D eigenvalue weighted by atomic mass is 10.0. The number of hydrogen-bond acceptors (Lipinski definition) is 7. The number of anilines is 3. The third-order valence-corrected chi connectivity index (χ3v) is 7.47. The monoisotopic (exact) mass is 500 g/mol. The largest absolute Gasteiger partial charge is 0.340 e. The first-order valence-corrected chi connectivity index (χ1v) is 12.9. The van der Waals surface area contributed by atoms with Crippen molar-refractivity contribution in [3.05, 3.63) is 78.4 Å². The van der Waals surface area contributed by atoms with Crippen molar-refractivity contribution in [3.63, 3.8) is 0 Å². The van der Waals surface area contributed by atoms with E-state index in [0.717, 1.165) is 10.9 Å². The summed E-state index contributed by atoms with van der Waals surface area (Å²) < 4.78 is 28.5. The number of rotatable bonds is 6. The molecule has 36 heavy (non-hydrogen) atoms. The number of carbonyl (C=O) groups is 1. The Morgan fingerprint density at radius 3 is 2.25 bits per heavy atom. The van der Waals surface area contributed by atoms with Crippen LogP contribution < -0.4 is 10.6 Å². The van der Waals surface area contributed by atoms with E-state index in [-0.39, 0.29) is 27.4 Å². The number of aromatic nitrogens is 4. The van der Waals surface area contributed by atoms with Gasteiger partial charge in [-0.25, -0.2) is 13.4 Å². The molecule has 0 aliphatic carbocycles. The molecule has 9 nitrogen and oxygen atoms in total. The minimum atomic E-state index is -3.97. The van der Waals surface area contributed by atoms with Crippen LogP contribution in [0.5, 0.6) is 0 Å². The molecule has 0 atom stereocenters. The molecule has 0 saturated carbocycles. The molecule has 0 fully saturated rings. The molecule has 2 aromatic heterocycles. The molecule has 2 N–H and O–H groups in total. The maximum absolute atomic E-state index is 13.5. The second kappa shape index (κ2) is 9.04. The van der Waals surface area contributed by atoms with Gasteiger partial charge in [-0.3, -0.25) is 4.79 Å². The summed E-state index contributed by atoms with van der Waals surface area (Å²) in [6, 6.07) is 21.3. The van der Waals surface area contributed by atoms with Crippen molar-refractivity contribution in [1.29, 1.82) is 0 Å². The van der Waals surface area contributed by atoms with Crippen LogP contribution in [0.15, 0.2) is 82.7 Å². The lowest BCUT2D eigenvalue weighted by molar-refractivity contribution is -0.114. The first-order chi connectivity index (χ1) is 17.2. The molecule has 0 saturated heterocycles. The molecular weight excluding hydrogens is 476 g/mol. The molecule has 5 rings (SSSR count). The molecule has 3 aromatic carbocycles. The third kappa shape index (κ3) is 4.27. The van der Waals surface area contributed by atoms with Crippen LogP contribution in [0.4, 0.5) is 17.2 Å². The predicted molar refractivity (Wildman–Crippen MR) is 138 cm³/mol. The third-order valence-electron chi connectivity index (χ3n) is 5.80. The number of carbonyl (C=O) groups excluding carboxylic acids is 1. The van der Waals surface area contributed by atoms with E-state index in [0.29, 0.717) is 22.7 Å². The molecule has 0 bridgehead atoms. The van der Waals surface area contributed by atoms with E-state index >= 15 is 0 Å². The minimum Gasteiger partial charge on any atom is -0.340 e. The number of sulfone groups is 1. The number of fused-ring (bicyclic) bond motifs is 3. The van der Waals surface area contributed by atoms with E-state index in [1.54, 1.807) is 36.4 Å². The number of hydrogen-bond donors (Lipinski definition) is 2. The van der Waals surface area contributed by atoms with Gasteiger partial charge in [-0.15, -0.1) is 5.10 Å². The van der Waals surface area contributed by atoms with Gasteiger partial charge in [-0.05, 0) is 60.0 Å². The molecule has 5 aromatic rings. The van der Waals surface area contributed by atoms with Gasteiger partial charge in [0.15, 0.2) is 5.65 Å². The van der Waals surface area contributed by atoms with Crippen LogP contribution in [0, 0.1) is 0 Å². The Morgan fingerprint density at radius 1 is 0.917 bits per heavy atom. The van der Waals surface area contributed by atoms with Crippen molar-refractivity contribution in [2.75, 3.05) is 10.6 Å². The standard InChI is InChI=1S/C26H24N6O3S/c1-16(2)18-8-14-21(15-9-18)36(34,35)26-25-29-24(22-6-4-5-7-23(22)32(25)31-30-26)28-20-12-10-19(11-13-20)27-17(3)33/h4-16H,1-3H3,(H,27,33)(H,28,29).